The Morgan fingerprint density at radius 3 is 2.78 bits per heavy atom. The summed E-state index contributed by atoms with van der Waals surface area (Å²) in [5.41, 5.74) is 1.81. The molecule has 0 saturated carbocycles. The van der Waals surface area contributed by atoms with E-state index in [4.69, 9.17) is 9.47 Å². The topological polar surface area (TPSA) is 62.1 Å². The molecular formula is C16H16N4O2S. The third kappa shape index (κ3) is 3.08. The zero-order chi connectivity index (χ0) is 15.5. The summed E-state index contributed by atoms with van der Waals surface area (Å²) in [4.78, 5) is 8.79. The van der Waals surface area contributed by atoms with Gasteiger partial charge in [-0.1, -0.05) is 18.2 Å². The molecule has 0 N–H and O–H groups in total. The molecule has 1 saturated heterocycles. The van der Waals surface area contributed by atoms with E-state index in [1.165, 1.54) is 0 Å². The average molecular weight is 328 g/mol. The number of thioether (sulfide) groups is 1. The summed E-state index contributed by atoms with van der Waals surface area (Å²) in [6.07, 6.45) is 4.19. The minimum atomic E-state index is -0.0770. The van der Waals surface area contributed by atoms with Crippen LogP contribution in [-0.4, -0.2) is 45.0 Å². The lowest BCUT2D eigenvalue weighted by Crippen LogP contribution is -2.08. The van der Waals surface area contributed by atoms with Gasteiger partial charge in [0.25, 0.3) is 0 Å². The fourth-order valence-corrected chi connectivity index (χ4v) is 3.45. The van der Waals surface area contributed by atoms with Crippen molar-refractivity contribution in [3.05, 3.63) is 42.9 Å². The molecule has 7 heteroatoms. The van der Waals surface area contributed by atoms with Crippen LogP contribution in [0.4, 0.5) is 0 Å². The normalized spacial score (nSPS) is 15.5. The number of para-hydroxylation sites is 1. The number of nitrogens with zero attached hydrogens (tertiary/aromatic N) is 4. The molecule has 0 atom stereocenters. The van der Waals surface area contributed by atoms with Crippen LogP contribution in [-0.2, 0) is 9.47 Å². The molecule has 2 aromatic heterocycles. The molecule has 0 amide bonds. The van der Waals surface area contributed by atoms with Crippen LogP contribution in [0.3, 0.4) is 0 Å². The van der Waals surface area contributed by atoms with Crippen LogP contribution in [0.5, 0.6) is 0 Å². The number of hydrogen-bond donors (Lipinski definition) is 0. The molecule has 1 aromatic carbocycles. The van der Waals surface area contributed by atoms with Gasteiger partial charge in [-0.3, -0.25) is 0 Å². The smallest absolute Gasteiger partial charge is 0.167 e. The van der Waals surface area contributed by atoms with Crippen molar-refractivity contribution in [1.29, 1.82) is 0 Å². The van der Waals surface area contributed by atoms with Gasteiger partial charge in [-0.2, -0.15) is 5.10 Å². The fraction of sp³-hybridized carbons (Fsp3) is 0.312. The van der Waals surface area contributed by atoms with E-state index in [1.54, 1.807) is 18.1 Å². The van der Waals surface area contributed by atoms with Crippen molar-refractivity contribution in [2.45, 2.75) is 17.7 Å². The van der Waals surface area contributed by atoms with Gasteiger partial charge in [0.1, 0.15) is 11.4 Å². The first-order valence-corrected chi connectivity index (χ1v) is 8.50. The van der Waals surface area contributed by atoms with Crippen LogP contribution in [0.2, 0.25) is 0 Å². The molecule has 4 rings (SSSR count). The first-order chi connectivity index (χ1) is 11.4. The van der Waals surface area contributed by atoms with Crippen molar-refractivity contribution >= 4 is 22.8 Å². The minimum absolute atomic E-state index is 0.0770. The standard InChI is InChI=1S/C16H16N4O2S/c1-2-4-12(5-3-1)20-15-13(10-19-20)16(18-11-17-15)23-9-6-14-21-7-8-22-14/h1-5,10-11,14H,6-9H2. The molecule has 1 aliphatic rings. The van der Waals surface area contributed by atoms with Crippen LogP contribution in [0, 0.1) is 0 Å². The molecule has 0 bridgehead atoms. The Morgan fingerprint density at radius 1 is 1.13 bits per heavy atom. The van der Waals surface area contributed by atoms with Crippen molar-refractivity contribution in [1.82, 2.24) is 19.7 Å². The highest BCUT2D eigenvalue weighted by Gasteiger charge is 2.16. The molecule has 3 aromatic rings. The number of benzene rings is 1. The number of aromatic nitrogens is 4. The summed E-state index contributed by atoms with van der Waals surface area (Å²) >= 11 is 1.68. The van der Waals surface area contributed by atoms with Gasteiger partial charge in [0.2, 0.25) is 0 Å². The highest BCUT2D eigenvalue weighted by molar-refractivity contribution is 7.99. The van der Waals surface area contributed by atoms with Crippen molar-refractivity contribution in [2.75, 3.05) is 19.0 Å². The molecule has 0 unspecified atom stereocenters. The Balaban J connectivity index is 1.55. The molecule has 1 aliphatic heterocycles. The minimum Gasteiger partial charge on any atom is -0.350 e. The highest BCUT2D eigenvalue weighted by Crippen LogP contribution is 2.27. The second-order valence-corrected chi connectivity index (χ2v) is 6.20. The number of fused-ring (bicyclic) bond motifs is 1. The van der Waals surface area contributed by atoms with Crippen molar-refractivity contribution in [3.63, 3.8) is 0 Å². The molecular weight excluding hydrogens is 312 g/mol. The second-order valence-electron chi connectivity index (χ2n) is 5.12. The van der Waals surface area contributed by atoms with Gasteiger partial charge in [-0.25, -0.2) is 14.6 Å². The summed E-state index contributed by atoms with van der Waals surface area (Å²) in [6, 6.07) is 9.98. The van der Waals surface area contributed by atoms with Crippen LogP contribution in [0.15, 0.2) is 47.9 Å². The predicted octanol–water partition coefficient (Wildman–Crippen LogP) is 2.67. The first-order valence-electron chi connectivity index (χ1n) is 7.52. The molecule has 6 nitrogen and oxygen atoms in total. The molecule has 0 spiro atoms. The summed E-state index contributed by atoms with van der Waals surface area (Å²) in [7, 11) is 0. The Labute approximate surface area is 137 Å². The largest absolute Gasteiger partial charge is 0.350 e. The van der Waals surface area contributed by atoms with Gasteiger partial charge in [-0.15, -0.1) is 11.8 Å². The lowest BCUT2D eigenvalue weighted by molar-refractivity contribution is -0.0421. The second kappa shape index (κ2) is 6.66. The Bertz CT molecular complexity index is 787. The van der Waals surface area contributed by atoms with Gasteiger partial charge in [0.15, 0.2) is 11.9 Å². The van der Waals surface area contributed by atoms with E-state index in [-0.39, 0.29) is 6.29 Å². The van der Waals surface area contributed by atoms with Gasteiger partial charge in [0, 0.05) is 12.2 Å². The van der Waals surface area contributed by atoms with E-state index in [0.29, 0.717) is 13.2 Å². The lowest BCUT2D eigenvalue weighted by Gasteiger charge is -2.08. The van der Waals surface area contributed by atoms with E-state index in [1.807, 2.05) is 41.2 Å². The molecule has 0 aliphatic carbocycles. The highest BCUT2D eigenvalue weighted by atomic mass is 32.2. The van der Waals surface area contributed by atoms with Gasteiger partial charge in [0.05, 0.1) is 30.5 Å². The number of rotatable bonds is 5. The monoisotopic (exact) mass is 328 g/mol. The zero-order valence-corrected chi connectivity index (χ0v) is 13.3. The average Bonchev–Trinajstić information content (AvgIpc) is 3.25. The zero-order valence-electron chi connectivity index (χ0n) is 12.5. The maximum absolute atomic E-state index is 5.46. The van der Waals surface area contributed by atoms with Gasteiger partial charge < -0.3 is 9.47 Å². The van der Waals surface area contributed by atoms with Crippen LogP contribution < -0.4 is 0 Å². The van der Waals surface area contributed by atoms with Gasteiger partial charge >= 0.3 is 0 Å². The predicted molar refractivity (Wildman–Crippen MR) is 87.7 cm³/mol. The Kier molecular flexibility index (Phi) is 4.23. The van der Waals surface area contributed by atoms with Crippen LogP contribution >= 0.6 is 11.8 Å². The lowest BCUT2D eigenvalue weighted by atomic mass is 10.3. The molecule has 23 heavy (non-hydrogen) atoms. The van der Waals surface area contributed by atoms with Gasteiger partial charge in [-0.05, 0) is 12.1 Å². The molecule has 1 fully saturated rings. The van der Waals surface area contributed by atoms with E-state index in [2.05, 4.69) is 15.1 Å². The van der Waals surface area contributed by atoms with Crippen molar-refractivity contribution < 1.29 is 9.47 Å². The van der Waals surface area contributed by atoms with Crippen molar-refractivity contribution in [2.24, 2.45) is 0 Å². The van der Waals surface area contributed by atoms with E-state index in [9.17, 15) is 0 Å². The SMILES string of the molecule is c1ccc(-n2ncc3c(SCCC4OCCO4)ncnc32)cc1. The summed E-state index contributed by atoms with van der Waals surface area (Å²) < 4.78 is 12.7. The summed E-state index contributed by atoms with van der Waals surface area (Å²) in [5.74, 6) is 0.882. The Morgan fingerprint density at radius 2 is 1.96 bits per heavy atom. The van der Waals surface area contributed by atoms with Crippen molar-refractivity contribution in [3.8, 4) is 5.69 Å². The van der Waals surface area contributed by atoms with E-state index in [0.717, 1.165) is 33.9 Å². The van der Waals surface area contributed by atoms with Crippen LogP contribution in [0.1, 0.15) is 6.42 Å². The third-order valence-electron chi connectivity index (χ3n) is 3.61. The van der Waals surface area contributed by atoms with E-state index < -0.39 is 0 Å². The van der Waals surface area contributed by atoms with Crippen LogP contribution in [0.25, 0.3) is 16.7 Å². The maximum atomic E-state index is 5.46. The number of ether oxygens (including phenoxy) is 2. The quantitative estimate of drug-likeness (QED) is 0.530. The first kappa shape index (κ1) is 14.6. The summed E-state index contributed by atoms with van der Waals surface area (Å²) in [5, 5.41) is 6.37. The maximum Gasteiger partial charge on any atom is 0.167 e. The fourth-order valence-electron chi connectivity index (χ4n) is 2.52. The molecule has 118 valence electrons. The van der Waals surface area contributed by atoms with E-state index >= 15 is 0 Å². The summed E-state index contributed by atoms with van der Waals surface area (Å²) in [6.45, 7) is 1.38. The molecule has 0 radical (unpaired) electrons. The third-order valence-corrected chi connectivity index (χ3v) is 4.65. The molecule has 3 heterocycles. The number of hydrogen-bond acceptors (Lipinski definition) is 6. The Hall–Kier alpha value is -1.96.